The van der Waals surface area contributed by atoms with Crippen LogP contribution in [0, 0.1) is 0 Å². The molecule has 0 unspecified atom stereocenters. The molecule has 0 saturated heterocycles. The van der Waals surface area contributed by atoms with Gasteiger partial charge in [0.15, 0.2) is 0 Å². The van der Waals surface area contributed by atoms with E-state index in [4.69, 9.17) is 11.6 Å². The van der Waals surface area contributed by atoms with Crippen molar-refractivity contribution in [2.75, 3.05) is 0 Å². The number of allylic oxidation sites excluding steroid dienone is 6. The van der Waals surface area contributed by atoms with Crippen LogP contribution in [0.5, 0.6) is 0 Å². The molecule has 1 heteroatoms. The van der Waals surface area contributed by atoms with Crippen LogP contribution in [0.15, 0.2) is 48.6 Å². The summed E-state index contributed by atoms with van der Waals surface area (Å²) in [6.07, 6.45) is 8.52. The highest BCUT2D eigenvalue weighted by atomic mass is 35.5. The van der Waals surface area contributed by atoms with Gasteiger partial charge < -0.3 is 0 Å². The van der Waals surface area contributed by atoms with Gasteiger partial charge in [0.05, 0.1) is 0 Å². The van der Waals surface area contributed by atoms with E-state index in [1.165, 1.54) is 0 Å². The van der Waals surface area contributed by atoms with E-state index in [1.54, 1.807) is 30.4 Å². The van der Waals surface area contributed by atoms with E-state index in [9.17, 15) is 0 Å². The lowest BCUT2D eigenvalue weighted by Crippen LogP contribution is -1.57. The van der Waals surface area contributed by atoms with Gasteiger partial charge in [0.1, 0.15) is 0 Å². The topological polar surface area (TPSA) is 0 Å². The maximum atomic E-state index is 5.61. The second-order valence-corrected chi connectivity index (χ2v) is 1.82. The normalized spacial score (nSPS) is 11.9. The smallest absolute Gasteiger partial charge is 0.0405 e. The van der Waals surface area contributed by atoms with Gasteiger partial charge in [0.2, 0.25) is 0 Å². The van der Waals surface area contributed by atoms with Crippen molar-refractivity contribution in [3.05, 3.63) is 48.6 Å². The molecular weight excluding hydrogens is 132 g/mol. The first-order valence-corrected chi connectivity index (χ1v) is 2.96. The average molecular weight is 141 g/mol. The van der Waals surface area contributed by atoms with Gasteiger partial charge in [0.25, 0.3) is 0 Å². The van der Waals surface area contributed by atoms with Crippen molar-refractivity contribution in [2.24, 2.45) is 0 Å². The van der Waals surface area contributed by atoms with Gasteiger partial charge in [-0.1, -0.05) is 43.0 Å². The zero-order valence-electron chi connectivity index (χ0n) is 5.18. The number of halogens is 1. The van der Waals surface area contributed by atoms with Crippen molar-refractivity contribution < 1.29 is 0 Å². The first kappa shape index (κ1) is 8.25. The molecule has 0 N–H and O–H groups in total. The SMILES string of the molecule is C=C/C=C\C(Cl)=C/C=C. The molecule has 0 rings (SSSR count). The van der Waals surface area contributed by atoms with Crippen molar-refractivity contribution in [1.29, 1.82) is 0 Å². The Balaban J connectivity index is 3.88. The third kappa shape index (κ3) is 5.12. The Morgan fingerprint density at radius 1 is 1.22 bits per heavy atom. The Morgan fingerprint density at radius 3 is 2.33 bits per heavy atom. The molecule has 0 saturated carbocycles. The second kappa shape index (κ2) is 5.39. The molecule has 0 heterocycles. The van der Waals surface area contributed by atoms with Gasteiger partial charge in [-0.05, 0) is 12.2 Å². The fourth-order valence-corrected chi connectivity index (χ4v) is 0.490. The van der Waals surface area contributed by atoms with Gasteiger partial charge in [-0.2, -0.15) is 0 Å². The van der Waals surface area contributed by atoms with Gasteiger partial charge in [-0.25, -0.2) is 0 Å². The van der Waals surface area contributed by atoms with Gasteiger partial charge in [-0.15, -0.1) is 0 Å². The first-order valence-electron chi connectivity index (χ1n) is 2.58. The molecule has 9 heavy (non-hydrogen) atoms. The minimum atomic E-state index is 0.657. The summed E-state index contributed by atoms with van der Waals surface area (Å²) in [6.45, 7) is 6.98. The standard InChI is InChI=1S/C8H9Cl/c1-3-5-7-8(9)6-4-2/h3-7H,1-2H2/b7-5-,8-6+. The van der Waals surface area contributed by atoms with E-state index < -0.39 is 0 Å². The van der Waals surface area contributed by atoms with Crippen molar-refractivity contribution in [2.45, 2.75) is 0 Å². The molecule has 0 spiro atoms. The highest BCUT2D eigenvalue weighted by Crippen LogP contribution is 2.01. The summed E-state index contributed by atoms with van der Waals surface area (Å²) in [6, 6.07) is 0. The number of hydrogen-bond acceptors (Lipinski definition) is 0. The fraction of sp³-hybridized carbons (Fsp3) is 0. The molecule has 0 fully saturated rings. The lowest BCUT2D eigenvalue weighted by Gasteiger charge is -1.80. The van der Waals surface area contributed by atoms with Crippen LogP contribution in [0.25, 0.3) is 0 Å². The van der Waals surface area contributed by atoms with Crippen LogP contribution in [-0.2, 0) is 0 Å². The van der Waals surface area contributed by atoms with E-state index in [0.717, 1.165) is 0 Å². The van der Waals surface area contributed by atoms with Crippen molar-refractivity contribution in [1.82, 2.24) is 0 Å². The minimum absolute atomic E-state index is 0.657. The van der Waals surface area contributed by atoms with E-state index in [2.05, 4.69) is 13.2 Å². The van der Waals surface area contributed by atoms with Gasteiger partial charge >= 0.3 is 0 Å². The van der Waals surface area contributed by atoms with E-state index in [1.807, 2.05) is 0 Å². The molecule has 48 valence electrons. The summed E-state index contributed by atoms with van der Waals surface area (Å²) < 4.78 is 0. The summed E-state index contributed by atoms with van der Waals surface area (Å²) in [4.78, 5) is 0. The maximum absolute atomic E-state index is 5.61. The molecule has 0 nitrogen and oxygen atoms in total. The van der Waals surface area contributed by atoms with Gasteiger partial charge in [0, 0.05) is 5.03 Å². The van der Waals surface area contributed by atoms with Crippen LogP contribution in [0.3, 0.4) is 0 Å². The third-order valence-corrected chi connectivity index (χ3v) is 0.921. The molecule has 0 bridgehead atoms. The minimum Gasteiger partial charge on any atom is -0.0991 e. The first-order chi connectivity index (χ1) is 4.31. The number of hydrogen-bond donors (Lipinski definition) is 0. The van der Waals surface area contributed by atoms with Crippen LogP contribution >= 0.6 is 11.6 Å². The number of rotatable bonds is 3. The molecule has 0 aromatic heterocycles. The molecule has 0 aliphatic rings. The second-order valence-electron chi connectivity index (χ2n) is 1.38. The van der Waals surface area contributed by atoms with Crippen molar-refractivity contribution >= 4 is 11.6 Å². The summed E-state index contributed by atoms with van der Waals surface area (Å²) in [5.41, 5.74) is 0. The zero-order chi connectivity index (χ0) is 7.11. The zero-order valence-corrected chi connectivity index (χ0v) is 5.93. The Bertz CT molecular complexity index is 152. The van der Waals surface area contributed by atoms with Crippen LogP contribution < -0.4 is 0 Å². The Kier molecular flexibility index (Phi) is 4.94. The summed E-state index contributed by atoms with van der Waals surface area (Å²) in [5.74, 6) is 0. The van der Waals surface area contributed by atoms with Crippen LogP contribution in [0.4, 0.5) is 0 Å². The molecule has 0 atom stereocenters. The third-order valence-electron chi connectivity index (χ3n) is 0.669. The lowest BCUT2D eigenvalue weighted by atomic mass is 10.4. The lowest BCUT2D eigenvalue weighted by molar-refractivity contribution is 1.85. The molecule has 0 amide bonds. The van der Waals surface area contributed by atoms with Crippen LogP contribution in [0.2, 0.25) is 0 Å². The van der Waals surface area contributed by atoms with E-state index in [-0.39, 0.29) is 0 Å². The molecule has 0 aliphatic heterocycles. The molecule has 0 aliphatic carbocycles. The monoisotopic (exact) mass is 140 g/mol. The van der Waals surface area contributed by atoms with E-state index in [0.29, 0.717) is 5.03 Å². The van der Waals surface area contributed by atoms with Crippen molar-refractivity contribution in [3.8, 4) is 0 Å². The predicted molar refractivity (Wildman–Crippen MR) is 43.5 cm³/mol. The van der Waals surface area contributed by atoms with Crippen LogP contribution in [-0.4, -0.2) is 0 Å². The Hall–Kier alpha value is -0.750. The molecular formula is C8H9Cl. The average Bonchev–Trinajstić information content (AvgIpc) is 1.85. The fourth-order valence-electron chi connectivity index (χ4n) is 0.328. The van der Waals surface area contributed by atoms with E-state index >= 15 is 0 Å². The Labute approximate surface area is 60.8 Å². The highest BCUT2D eigenvalue weighted by molar-refractivity contribution is 6.31. The summed E-state index contributed by atoms with van der Waals surface area (Å²) >= 11 is 5.61. The summed E-state index contributed by atoms with van der Waals surface area (Å²) in [5, 5.41) is 0.657. The van der Waals surface area contributed by atoms with Crippen LogP contribution in [0.1, 0.15) is 0 Å². The van der Waals surface area contributed by atoms with Crippen molar-refractivity contribution in [3.63, 3.8) is 0 Å². The summed E-state index contributed by atoms with van der Waals surface area (Å²) in [7, 11) is 0. The van der Waals surface area contributed by atoms with Gasteiger partial charge in [-0.3, -0.25) is 0 Å². The molecule has 0 aromatic carbocycles. The highest BCUT2D eigenvalue weighted by Gasteiger charge is 1.76. The predicted octanol–water partition coefficient (Wildman–Crippen LogP) is 3.04. The quantitative estimate of drug-likeness (QED) is 0.529. The Morgan fingerprint density at radius 2 is 1.89 bits per heavy atom. The molecule has 0 radical (unpaired) electrons. The molecule has 0 aromatic rings. The maximum Gasteiger partial charge on any atom is 0.0405 e. The largest absolute Gasteiger partial charge is 0.0991 e.